The molecule has 2 atom stereocenters. The van der Waals surface area contributed by atoms with E-state index in [1.807, 2.05) is 16.8 Å². The lowest BCUT2D eigenvalue weighted by Crippen LogP contribution is -2.20. The molecule has 2 fully saturated rings. The molecular formula is C30H35F2N7O5S. The van der Waals surface area contributed by atoms with E-state index in [-0.39, 0.29) is 27.9 Å². The minimum absolute atomic E-state index is 0.0690. The van der Waals surface area contributed by atoms with Crippen molar-refractivity contribution in [2.24, 2.45) is 0 Å². The van der Waals surface area contributed by atoms with E-state index in [1.165, 1.54) is 4.57 Å². The fraction of sp³-hybridized carbons (Fsp3) is 0.500. The van der Waals surface area contributed by atoms with Crippen LogP contribution in [0.1, 0.15) is 74.4 Å². The van der Waals surface area contributed by atoms with Gasteiger partial charge < -0.3 is 24.8 Å². The second-order valence-corrected chi connectivity index (χ2v) is 13.6. The third-order valence-corrected chi connectivity index (χ3v) is 9.49. The summed E-state index contributed by atoms with van der Waals surface area (Å²) in [6.45, 7) is 2.64. The maximum Gasteiger partial charge on any atom is 0.295 e. The van der Waals surface area contributed by atoms with E-state index in [0.29, 0.717) is 56.7 Å². The molecule has 2 N–H and O–H groups in total. The summed E-state index contributed by atoms with van der Waals surface area (Å²) in [6.07, 6.45) is 2.34. The number of halogens is 2. The van der Waals surface area contributed by atoms with Crippen LogP contribution in [0.2, 0.25) is 0 Å². The number of aromatic nitrogens is 5. The number of hydrogen-bond donors (Lipinski definition) is 2. The van der Waals surface area contributed by atoms with Gasteiger partial charge in [0.2, 0.25) is 0 Å². The zero-order chi connectivity index (χ0) is 31.1. The monoisotopic (exact) mass is 643 g/mol. The number of hydrogen-bond acceptors (Lipinski definition) is 10. The van der Waals surface area contributed by atoms with Crippen molar-refractivity contribution in [1.82, 2.24) is 24.3 Å². The van der Waals surface area contributed by atoms with Crippen LogP contribution in [0.5, 0.6) is 0 Å². The van der Waals surface area contributed by atoms with Crippen LogP contribution in [0.25, 0.3) is 11.2 Å². The molecule has 0 radical (unpaired) electrons. The zero-order valence-electron chi connectivity index (χ0n) is 24.8. The standard InChI is InChI=1S/C30H35F2N7O5S/c1-45(40,41)23-14-18(22-6-2-4-11-43-22)8-9-20(23)33-21-16-24(34-25-15-19-17-42-13-10-38(19)37-25)35-29-27(21)36-30(28(31)32)39(29)26-7-3-5-12-44-26/h8-9,14-16,22,26,28H,2-7,10-13,17H2,1H3,(H2,33,34,35,37)/t22-,26?/m1/s1. The van der Waals surface area contributed by atoms with Crippen molar-refractivity contribution in [3.63, 3.8) is 0 Å². The van der Waals surface area contributed by atoms with Crippen LogP contribution < -0.4 is 10.6 Å². The van der Waals surface area contributed by atoms with Crippen molar-refractivity contribution in [2.45, 2.75) is 75.3 Å². The molecule has 0 spiro atoms. The Kier molecular flexibility index (Phi) is 8.18. The number of rotatable bonds is 8. The van der Waals surface area contributed by atoms with Gasteiger partial charge >= 0.3 is 0 Å². The van der Waals surface area contributed by atoms with E-state index in [2.05, 4.69) is 20.7 Å². The lowest BCUT2D eigenvalue weighted by atomic mass is 10.0. The molecule has 0 bridgehead atoms. The second-order valence-electron chi connectivity index (χ2n) is 11.6. The van der Waals surface area contributed by atoms with Gasteiger partial charge in [-0.05, 0) is 56.2 Å². The van der Waals surface area contributed by atoms with E-state index in [1.54, 1.807) is 18.2 Å². The Balaban J connectivity index is 1.35. The topological polar surface area (TPSA) is 134 Å². The van der Waals surface area contributed by atoms with Crippen LogP contribution in [0.3, 0.4) is 0 Å². The Morgan fingerprint density at radius 2 is 1.76 bits per heavy atom. The quantitative estimate of drug-likeness (QED) is 0.238. The summed E-state index contributed by atoms with van der Waals surface area (Å²) in [5.74, 6) is 0.357. The average molecular weight is 644 g/mol. The molecule has 45 heavy (non-hydrogen) atoms. The molecule has 12 nitrogen and oxygen atoms in total. The molecule has 15 heteroatoms. The Morgan fingerprint density at radius 3 is 2.47 bits per heavy atom. The first-order valence-electron chi connectivity index (χ1n) is 15.2. The van der Waals surface area contributed by atoms with Gasteiger partial charge in [0.1, 0.15) is 17.6 Å². The molecule has 240 valence electrons. The zero-order valence-corrected chi connectivity index (χ0v) is 25.7. The number of nitrogens with one attached hydrogen (secondary N) is 2. The van der Waals surface area contributed by atoms with Crippen molar-refractivity contribution >= 4 is 44.0 Å². The SMILES string of the molecule is CS(=O)(=O)c1cc([C@H]2CCCCO2)ccc1Nc1cc(Nc2cc3n(n2)CCOC3)nc2c1nc(C(F)F)n2C1CCCCO1. The molecule has 0 aliphatic carbocycles. The van der Waals surface area contributed by atoms with E-state index >= 15 is 0 Å². The lowest BCUT2D eigenvalue weighted by Gasteiger charge is -2.25. The number of ether oxygens (including phenoxy) is 3. The molecule has 2 saturated heterocycles. The summed E-state index contributed by atoms with van der Waals surface area (Å²) >= 11 is 0. The minimum Gasteiger partial charge on any atom is -0.374 e. The molecular weight excluding hydrogens is 608 g/mol. The predicted molar refractivity (Wildman–Crippen MR) is 162 cm³/mol. The fourth-order valence-corrected chi connectivity index (χ4v) is 7.06. The van der Waals surface area contributed by atoms with Crippen LogP contribution in [0, 0.1) is 0 Å². The molecule has 0 amide bonds. The third kappa shape index (κ3) is 6.13. The maximum atomic E-state index is 14.5. The number of pyridine rings is 1. The second kappa shape index (κ2) is 12.3. The Morgan fingerprint density at radius 1 is 0.933 bits per heavy atom. The molecule has 3 aromatic heterocycles. The molecule has 3 aliphatic heterocycles. The first-order valence-corrected chi connectivity index (χ1v) is 17.1. The molecule has 1 unspecified atom stereocenters. The highest BCUT2D eigenvalue weighted by molar-refractivity contribution is 7.90. The van der Waals surface area contributed by atoms with Gasteiger partial charge in [0.25, 0.3) is 6.43 Å². The van der Waals surface area contributed by atoms with Crippen LogP contribution in [0.15, 0.2) is 35.2 Å². The Labute approximate surface area is 259 Å². The van der Waals surface area contributed by atoms with Gasteiger partial charge in [0.05, 0.1) is 47.8 Å². The first-order chi connectivity index (χ1) is 21.7. The smallest absolute Gasteiger partial charge is 0.295 e. The summed E-state index contributed by atoms with van der Waals surface area (Å²) < 4.78 is 75.6. The molecule has 7 rings (SSSR count). The van der Waals surface area contributed by atoms with E-state index in [4.69, 9.17) is 19.2 Å². The average Bonchev–Trinajstić information content (AvgIpc) is 3.63. The van der Waals surface area contributed by atoms with Gasteiger partial charge in [-0.15, -0.1) is 0 Å². The summed E-state index contributed by atoms with van der Waals surface area (Å²) in [7, 11) is -3.70. The summed E-state index contributed by atoms with van der Waals surface area (Å²) in [6, 6.07) is 8.61. The van der Waals surface area contributed by atoms with E-state index < -0.39 is 28.3 Å². The van der Waals surface area contributed by atoms with Crippen molar-refractivity contribution in [3.8, 4) is 0 Å². The van der Waals surface area contributed by atoms with Gasteiger partial charge in [0, 0.05) is 31.6 Å². The molecule has 1 aromatic carbocycles. The number of benzene rings is 1. The number of fused-ring (bicyclic) bond motifs is 2. The predicted octanol–water partition coefficient (Wildman–Crippen LogP) is 5.93. The number of sulfone groups is 1. The van der Waals surface area contributed by atoms with E-state index in [9.17, 15) is 17.2 Å². The van der Waals surface area contributed by atoms with Gasteiger partial charge in [-0.1, -0.05) is 6.07 Å². The van der Waals surface area contributed by atoms with Gasteiger partial charge in [-0.25, -0.2) is 27.2 Å². The van der Waals surface area contributed by atoms with Crippen LogP contribution in [-0.2, 0) is 37.2 Å². The lowest BCUT2D eigenvalue weighted by molar-refractivity contribution is -0.0363. The fourth-order valence-electron chi connectivity index (χ4n) is 6.19. The number of imidazole rings is 1. The van der Waals surface area contributed by atoms with Crippen molar-refractivity contribution in [2.75, 3.05) is 36.7 Å². The van der Waals surface area contributed by atoms with Gasteiger partial charge in [0.15, 0.2) is 27.1 Å². The third-order valence-electron chi connectivity index (χ3n) is 8.36. The Hall–Kier alpha value is -3.66. The number of nitrogens with zero attached hydrogens (tertiary/aromatic N) is 5. The van der Waals surface area contributed by atoms with Crippen molar-refractivity contribution in [1.29, 1.82) is 0 Å². The van der Waals surface area contributed by atoms with Gasteiger partial charge in [-0.2, -0.15) is 5.10 Å². The molecule has 6 heterocycles. The maximum absolute atomic E-state index is 14.5. The molecule has 0 saturated carbocycles. The molecule has 4 aromatic rings. The molecule has 3 aliphatic rings. The van der Waals surface area contributed by atoms with Crippen LogP contribution in [0.4, 0.5) is 31.8 Å². The highest BCUT2D eigenvalue weighted by Gasteiger charge is 2.30. The number of anilines is 4. The van der Waals surface area contributed by atoms with Crippen LogP contribution >= 0.6 is 0 Å². The highest BCUT2D eigenvalue weighted by atomic mass is 32.2. The first kappa shape index (κ1) is 30.0. The highest BCUT2D eigenvalue weighted by Crippen LogP contribution is 2.39. The Bertz CT molecular complexity index is 1790. The number of alkyl halides is 2. The summed E-state index contributed by atoms with van der Waals surface area (Å²) in [5, 5.41) is 11.0. The summed E-state index contributed by atoms with van der Waals surface area (Å²) in [4.78, 5) is 9.14. The van der Waals surface area contributed by atoms with E-state index in [0.717, 1.165) is 49.6 Å². The van der Waals surface area contributed by atoms with Gasteiger partial charge in [-0.3, -0.25) is 9.25 Å². The van der Waals surface area contributed by atoms with Crippen molar-refractivity contribution < 1.29 is 31.4 Å². The summed E-state index contributed by atoms with van der Waals surface area (Å²) in [5.41, 5.74) is 2.61. The minimum atomic E-state index is -3.70. The normalized spacial score (nSPS) is 20.8. The van der Waals surface area contributed by atoms with Crippen LogP contribution in [-0.4, -0.2) is 58.8 Å². The van der Waals surface area contributed by atoms with Crippen molar-refractivity contribution in [3.05, 3.63) is 47.4 Å². The largest absolute Gasteiger partial charge is 0.374 e.